The molecule has 1 heterocycles. The Bertz CT molecular complexity index is 402. The average molecular weight is 270 g/mol. The maximum atomic E-state index is 11.2. The van der Waals surface area contributed by atoms with E-state index in [0.717, 1.165) is 36.6 Å². The number of thiazole rings is 1. The normalized spacial score (nSPS) is 10.9. The third-order valence-electron chi connectivity index (χ3n) is 2.70. The van der Waals surface area contributed by atoms with E-state index >= 15 is 0 Å². The van der Waals surface area contributed by atoms with Crippen LogP contribution in [0.15, 0.2) is 0 Å². The molecule has 4 nitrogen and oxygen atoms in total. The summed E-state index contributed by atoms with van der Waals surface area (Å²) in [5, 5.41) is 10.0. The van der Waals surface area contributed by atoms with Crippen LogP contribution < -0.4 is 4.90 Å². The van der Waals surface area contributed by atoms with Gasteiger partial charge in [-0.05, 0) is 26.7 Å². The predicted octanol–water partition coefficient (Wildman–Crippen LogP) is 3.42. The minimum atomic E-state index is -0.859. The van der Waals surface area contributed by atoms with E-state index in [0.29, 0.717) is 10.9 Å². The van der Waals surface area contributed by atoms with Crippen molar-refractivity contribution < 1.29 is 9.90 Å². The smallest absolute Gasteiger partial charge is 0.347 e. The number of carboxylic acids is 1. The van der Waals surface area contributed by atoms with Gasteiger partial charge < -0.3 is 10.0 Å². The Hall–Kier alpha value is -1.10. The molecule has 18 heavy (non-hydrogen) atoms. The van der Waals surface area contributed by atoms with E-state index in [2.05, 4.69) is 30.7 Å². The molecule has 0 saturated heterocycles. The van der Waals surface area contributed by atoms with Crippen LogP contribution >= 0.6 is 11.3 Å². The van der Waals surface area contributed by atoms with Crippen LogP contribution in [0.2, 0.25) is 0 Å². The summed E-state index contributed by atoms with van der Waals surface area (Å²) in [7, 11) is 0. The molecule has 0 spiro atoms. The maximum absolute atomic E-state index is 11.2. The fourth-order valence-corrected chi connectivity index (χ4v) is 2.96. The summed E-state index contributed by atoms with van der Waals surface area (Å²) in [4.78, 5) is 18.3. The van der Waals surface area contributed by atoms with Gasteiger partial charge in [-0.2, -0.15) is 0 Å². The molecule has 1 aromatic heterocycles. The first-order valence-corrected chi connectivity index (χ1v) is 7.32. The summed E-state index contributed by atoms with van der Waals surface area (Å²) in [6.07, 6.45) is 2.68. The highest BCUT2D eigenvalue weighted by Gasteiger charge is 2.21. The van der Waals surface area contributed by atoms with Gasteiger partial charge in [0.05, 0.1) is 5.69 Å². The highest BCUT2D eigenvalue weighted by molar-refractivity contribution is 7.17. The van der Waals surface area contributed by atoms with Gasteiger partial charge >= 0.3 is 5.97 Å². The lowest BCUT2D eigenvalue weighted by Gasteiger charge is -2.25. The van der Waals surface area contributed by atoms with E-state index in [9.17, 15) is 9.90 Å². The first-order valence-electron chi connectivity index (χ1n) is 6.50. The van der Waals surface area contributed by atoms with Crippen molar-refractivity contribution in [3.63, 3.8) is 0 Å². The van der Waals surface area contributed by atoms with Crippen molar-refractivity contribution in [1.82, 2.24) is 4.98 Å². The molecule has 0 atom stereocenters. The van der Waals surface area contributed by atoms with Crippen LogP contribution in [0, 0.1) is 0 Å². The number of hydrogen-bond donors (Lipinski definition) is 1. The Labute approximate surface area is 113 Å². The topological polar surface area (TPSA) is 53.4 Å². The molecule has 0 unspecified atom stereocenters. The maximum Gasteiger partial charge on any atom is 0.347 e. The summed E-state index contributed by atoms with van der Waals surface area (Å²) in [6, 6.07) is 0.340. The molecule has 1 rings (SSSR count). The molecular formula is C13H22N2O2S. The number of aromatic nitrogens is 1. The standard InChI is InChI=1S/C13H22N2O2S/c1-5-7-10-11(12(16)17)18-13(14-10)15(8-6-2)9(3)4/h9H,5-8H2,1-4H3,(H,16,17). The highest BCUT2D eigenvalue weighted by Crippen LogP contribution is 2.28. The summed E-state index contributed by atoms with van der Waals surface area (Å²) in [6.45, 7) is 9.29. The number of carboxylic acid groups (broad SMARTS) is 1. The first-order chi connectivity index (χ1) is 8.51. The molecule has 0 saturated carbocycles. The molecule has 1 aromatic rings. The Morgan fingerprint density at radius 2 is 2.06 bits per heavy atom. The van der Waals surface area contributed by atoms with E-state index in [1.165, 1.54) is 11.3 Å². The number of hydrogen-bond acceptors (Lipinski definition) is 4. The molecule has 0 aliphatic heterocycles. The van der Waals surface area contributed by atoms with Crippen LogP contribution in [0.3, 0.4) is 0 Å². The summed E-state index contributed by atoms with van der Waals surface area (Å²) < 4.78 is 0. The minimum Gasteiger partial charge on any atom is -0.477 e. The van der Waals surface area contributed by atoms with Crippen molar-refractivity contribution in [2.45, 2.75) is 53.0 Å². The van der Waals surface area contributed by atoms with Gasteiger partial charge in [0.1, 0.15) is 4.88 Å². The van der Waals surface area contributed by atoms with Crippen LogP contribution in [0.25, 0.3) is 0 Å². The van der Waals surface area contributed by atoms with Crippen LogP contribution in [-0.4, -0.2) is 28.6 Å². The van der Waals surface area contributed by atoms with Crippen molar-refractivity contribution in [2.75, 3.05) is 11.4 Å². The number of aryl methyl sites for hydroxylation is 1. The average Bonchev–Trinajstić information content (AvgIpc) is 2.69. The summed E-state index contributed by atoms with van der Waals surface area (Å²) >= 11 is 1.30. The van der Waals surface area contributed by atoms with Gasteiger partial charge in [-0.3, -0.25) is 0 Å². The third kappa shape index (κ3) is 3.45. The van der Waals surface area contributed by atoms with Crippen molar-refractivity contribution in [2.24, 2.45) is 0 Å². The lowest BCUT2D eigenvalue weighted by atomic mass is 10.2. The highest BCUT2D eigenvalue weighted by atomic mass is 32.1. The van der Waals surface area contributed by atoms with Crippen molar-refractivity contribution in [1.29, 1.82) is 0 Å². The van der Waals surface area contributed by atoms with Gasteiger partial charge in [0, 0.05) is 12.6 Å². The van der Waals surface area contributed by atoms with Gasteiger partial charge in [-0.15, -0.1) is 0 Å². The van der Waals surface area contributed by atoms with Crippen LogP contribution in [0.4, 0.5) is 5.13 Å². The number of aromatic carboxylic acids is 1. The molecule has 0 fully saturated rings. The van der Waals surface area contributed by atoms with E-state index in [1.54, 1.807) is 0 Å². The summed E-state index contributed by atoms with van der Waals surface area (Å²) in [5.74, 6) is -0.859. The lowest BCUT2D eigenvalue weighted by Crippen LogP contribution is -2.31. The second-order valence-corrected chi connectivity index (χ2v) is 5.59. The number of rotatable bonds is 7. The Balaban J connectivity index is 3.08. The van der Waals surface area contributed by atoms with E-state index in [1.807, 2.05) is 6.92 Å². The molecule has 0 aliphatic carbocycles. The molecule has 0 amide bonds. The Morgan fingerprint density at radius 1 is 1.39 bits per heavy atom. The molecule has 102 valence electrons. The number of nitrogens with zero attached hydrogens (tertiary/aromatic N) is 2. The van der Waals surface area contributed by atoms with Crippen molar-refractivity contribution >= 4 is 22.4 Å². The van der Waals surface area contributed by atoms with E-state index < -0.39 is 5.97 Å². The van der Waals surface area contributed by atoms with Gasteiger partial charge in [0.25, 0.3) is 0 Å². The quantitative estimate of drug-likeness (QED) is 0.825. The van der Waals surface area contributed by atoms with Crippen LogP contribution in [-0.2, 0) is 6.42 Å². The fourth-order valence-electron chi connectivity index (χ4n) is 1.85. The van der Waals surface area contributed by atoms with Crippen LogP contribution in [0.5, 0.6) is 0 Å². The van der Waals surface area contributed by atoms with E-state index in [4.69, 9.17) is 0 Å². The van der Waals surface area contributed by atoms with Crippen molar-refractivity contribution in [3.8, 4) is 0 Å². The molecule has 1 N–H and O–H groups in total. The molecule has 5 heteroatoms. The number of anilines is 1. The van der Waals surface area contributed by atoms with E-state index in [-0.39, 0.29) is 0 Å². The Kier molecular flexibility index (Phi) is 5.59. The van der Waals surface area contributed by atoms with Crippen molar-refractivity contribution in [3.05, 3.63) is 10.6 Å². The second kappa shape index (κ2) is 6.73. The summed E-state index contributed by atoms with van der Waals surface area (Å²) in [5.41, 5.74) is 0.728. The molecule has 0 aliphatic rings. The lowest BCUT2D eigenvalue weighted by molar-refractivity contribution is 0.0700. The molecular weight excluding hydrogens is 248 g/mol. The SMILES string of the molecule is CCCc1nc(N(CCC)C(C)C)sc1C(=O)O. The fraction of sp³-hybridized carbons (Fsp3) is 0.692. The van der Waals surface area contributed by atoms with Gasteiger partial charge in [-0.1, -0.05) is 31.6 Å². The van der Waals surface area contributed by atoms with Gasteiger partial charge in [-0.25, -0.2) is 9.78 Å². The Morgan fingerprint density at radius 3 is 2.50 bits per heavy atom. The molecule has 0 bridgehead atoms. The third-order valence-corrected chi connectivity index (χ3v) is 3.82. The largest absolute Gasteiger partial charge is 0.477 e. The van der Waals surface area contributed by atoms with Crippen LogP contribution in [0.1, 0.15) is 55.9 Å². The first kappa shape index (κ1) is 15.0. The van der Waals surface area contributed by atoms with Gasteiger partial charge in [0.2, 0.25) is 0 Å². The minimum absolute atomic E-state index is 0.340. The van der Waals surface area contributed by atoms with Gasteiger partial charge in [0.15, 0.2) is 5.13 Å². The predicted molar refractivity (Wildman–Crippen MR) is 75.8 cm³/mol. The number of carbonyl (C=O) groups is 1. The zero-order chi connectivity index (χ0) is 13.7. The monoisotopic (exact) mass is 270 g/mol. The molecule has 0 radical (unpaired) electrons. The second-order valence-electron chi connectivity index (χ2n) is 4.61. The zero-order valence-electron chi connectivity index (χ0n) is 11.6. The molecule has 0 aromatic carbocycles. The zero-order valence-corrected chi connectivity index (χ0v) is 12.4.